The normalized spacial score (nSPS) is 11.7. The Hall–Kier alpha value is -1.75. The van der Waals surface area contributed by atoms with Gasteiger partial charge in [0.15, 0.2) is 0 Å². The maximum Gasteiger partial charge on any atom is 0.102 e. The molecule has 0 aliphatic rings. The smallest absolute Gasteiger partial charge is 0.102 e. The number of aromatic nitrogens is 4. The molecule has 0 spiro atoms. The molecule has 0 aliphatic carbocycles. The van der Waals surface area contributed by atoms with Crippen molar-refractivity contribution >= 4 is 0 Å². The van der Waals surface area contributed by atoms with Crippen molar-refractivity contribution in [2.75, 3.05) is 0 Å². The molecule has 5 nitrogen and oxygen atoms in total. The Balaban J connectivity index is 1.99. The third-order valence-corrected chi connectivity index (χ3v) is 2.58. The number of nitrogens with zero attached hydrogens (tertiary/aromatic N) is 4. The van der Waals surface area contributed by atoms with Crippen molar-refractivity contribution in [1.82, 2.24) is 20.0 Å². The molecule has 2 N–H and O–H groups in total. The molecule has 5 heteroatoms. The number of hydrogen-bond acceptors (Lipinski definition) is 4. The van der Waals surface area contributed by atoms with E-state index < -0.39 is 5.54 Å². The van der Waals surface area contributed by atoms with Crippen molar-refractivity contribution in [3.63, 3.8) is 0 Å². The van der Waals surface area contributed by atoms with Crippen molar-refractivity contribution in [2.24, 2.45) is 5.73 Å². The van der Waals surface area contributed by atoms with Crippen LogP contribution in [0.2, 0.25) is 0 Å². The molecule has 0 radical (unpaired) electrons. The van der Waals surface area contributed by atoms with Crippen LogP contribution in [-0.2, 0) is 18.5 Å². The maximum atomic E-state index is 5.95. The second-order valence-electron chi connectivity index (χ2n) is 4.69. The molecule has 2 heterocycles. The molecule has 0 saturated carbocycles. The third-order valence-electron chi connectivity index (χ3n) is 2.58. The first-order chi connectivity index (χ1) is 8.05. The highest BCUT2D eigenvalue weighted by molar-refractivity contribution is 5.10. The second kappa shape index (κ2) is 4.63. The largest absolute Gasteiger partial charge is 0.320 e. The van der Waals surface area contributed by atoms with Gasteiger partial charge in [0.25, 0.3) is 0 Å². The van der Waals surface area contributed by atoms with Crippen LogP contribution in [0.4, 0.5) is 0 Å². The molecular formula is C12H17N5. The van der Waals surface area contributed by atoms with Gasteiger partial charge in [-0.3, -0.25) is 9.67 Å². The standard InChI is InChI=1S/C12H17N5/c1-12(2,13)11-9-17(16-15-11)8-5-10-3-6-14-7-4-10/h3-4,6-7,9H,5,8,13H2,1-2H3. The van der Waals surface area contributed by atoms with Gasteiger partial charge in [0.05, 0.1) is 11.7 Å². The van der Waals surface area contributed by atoms with E-state index in [0.717, 1.165) is 18.7 Å². The Morgan fingerprint density at radius 3 is 2.59 bits per heavy atom. The summed E-state index contributed by atoms with van der Waals surface area (Å²) in [5.41, 5.74) is 7.57. The van der Waals surface area contributed by atoms with Crippen molar-refractivity contribution in [3.8, 4) is 0 Å². The molecule has 90 valence electrons. The van der Waals surface area contributed by atoms with E-state index in [0.29, 0.717) is 0 Å². The maximum absolute atomic E-state index is 5.95. The Bertz CT molecular complexity index is 469. The van der Waals surface area contributed by atoms with Gasteiger partial charge in [-0.1, -0.05) is 5.21 Å². The van der Waals surface area contributed by atoms with E-state index in [9.17, 15) is 0 Å². The Labute approximate surface area is 101 Å². The Kier molecular flexibility index (Phi) is 3.19. The zero-order valence-corrected chi connectivity index (χ0v) is 10.2. The van der Waals surface area contributed by atoms with Gasteiger partial charge >= 0.3 is 0 Å². The zero-order chi connectivity index (χ0) is 12.3. The first-order valence-electron chi connectivity index (χ1n) is 5.64. The first-order valence-corrected chi connectivity index (χ1v) is 5.64. The minimum atomic E-state index is -0.436. The van der Waals surface area contributed by atoms with E-state index in [1.807, 2.05) is 36.9 Å². The monoisotopic (exact) mass is 231 g/mol. The summed E-state index contributed by atoms with van der Waals surface area (Å²) >= 11 is 0. The first kappa shape index (κ1) is 11.7. The van der Waals surface area contributed by atoms with E-state index in [4.69, 9.17) is 5.73 Å². The van der Waals surface area contributed by atoms with E-state index in [1.54, 1.807) is 12.4 Å². The molecular weight excluding hydrogens is 214 g/mol. The number of rotatable bonds is 4. The molecule has 0 saturated heterocycles. The summed E-state index contributed by atoms with van der Waals surface area (Å²) < 4.78 is 1.82. The van der Waals surface area contributed by atoms with Crippen LogP contribution in [0.25, 0.3) is 0 Å². The van der Waals surface area contributed by atoms with Gasteiger partial charge in [0.2, 0.25) is 0 Å². The van der Waals surface area contributed by atoms with Gasteiger partial charge in [-0.25, -0.2) is 0 Å². The fourth-order valence-corrected chi connectivity index (χ4v) is 1.50. The van der Waals surface area contributed by atoms with Crippen molar-refractivity contribution in [3.05, 3.63) is 42.0 Å². The van der Waals surface area contributed by atoms with E-state index in [-0.39, 0.29) is 0 Å². The summed E-state index contributed by atoms with van der Waals surface area (Å²) in [4.78, 5) is 3.99. The van der Waals surface area contributed by atoms with Crippen LogP contribution in [0, 0.1) is 0 Å². The van der Waals surface area contributed by atoms with Crippen molar-refractivity contribution in [2.45, 2.75) is 32.4 Å². The summed E-state index contributed by atoms with van der Waals surface area (Å²) in [5, 5.41) is 8.14. The van der Waals surface area contributed by atoms with Gasteiger partial charge in [-0.15, -0.1) is 5.10 Å². The molecule has 0 bridgehead atoms. The lowest BCUT2D eigenvalue weighted by Gasteiger charge is -2.13. The van der Waals surface area contributed by atoms with Gasteiger partial charge in [-0.05, 0) is 38.0 Å². The molecule has 2 rings (SSSR count). The molecule has 2 aromatic rings. The number of nitrogens with two attached hydrogens (primary N) is 1. The van der Waals surface area contributed by atoms with Crippen molar-refractivity contribution < 1.29 is 0 Å². The van der Waals surface area contributed by atoms with E-state index in [2.05, 4.69) is 15.3 Å². The summed E-state index contributed by atoms with van der Waals surface area (Å²) in [6, 6.07) is 4.01. The van der Waals surface area contributed by atoms with Gasteiger partial charge in [0, 0.05) is 18.9 Å². The average molecular weight is 231 g/mol. The predicted octanol–water partition coefficient (Wildman–Crippen LogP) is 1.11. The Morgan fingerprint density at radius 1 is 1.29 bits per heavy atom. The summed E-state index contributed by atoms with van der Waals surface area (Å²) in [7, 11) is 0. The number of aryl methyl sites for hydroxylation is 2. The highest BCUT2D eigenvalue weighted by atomic mass is 15.4. The van der Waals surface area contributed by atoms with Gasteiger partial charge in [0.1, 0.15) is 5.69 Å². The third kappa shape index (κ3) is 3.10. The lowest BCUT2D eigenvalue weighted by Crippen LogP contribution is -2.29. The summed E-state index contributed by atoms with van der Waals surface area (Å²) in [5.74, 6) is 0. The number of hydrogen-bond donors (Lipinski definition) is 1. The molecule has 0 unspecified atom stereocenters. The number of pyridine rings is 1. The molecule has 0 fully saturated rings. The molecule has 17 heavy (non-hydrogen) atoms. The lowest BCUT2D eigenvalue weighted by atomic mass is 10.0. The van der Waals surface area contributed by atoms with Crippen LogP contribution in [0.3, 0.4) is 0 Å². The van der Waals surface area contributed by atoms with Crippen LogP contribution in [0.1, 0.15) is 25.1 Å². The van der Waals surface area contributed by atoms with Crippen LogP contribution < -0.4 is 5.73 Å². The van der Waals surface area contributed by atoms with Crippen LogP contribution >= 0.6 is 0 Å². The second-order valence-corrected chi connectivity index (χ2v) is 4.69. The molecule has 0 atom stereocenters. The predicted molar refractivity (Wildman–Crippen MR) is 65.2 cm³/mol. The zero-order valence-electron chi connectivity index (χ0n) is 10.2. The SMILES string of the molecule is CC(C)(N)c1cn(CCc2ccncc2)nn1. The molecule has 0 aromatic carbocycles. The van der Waals surface area contributed by atoms with Crippen LogP contribution in [-0.4, -0.2) is 20.0 Å². The fourth-order valence-electron chi connectivity index (χ4n) is 1.50. The van der Waals surface area contributed by atoms with E-state index in [1.165, 1.54) is 5.56 Å². The van der Waals surface area contributed by atoms with E-state index >= 15 is 0 Å². The molecule has 0 aliphatic heterocycles. The average Bonchev–Trinajstić information content (AvgIpc) is 2.76. The molecule has 2 aromatic heterocycles. The highest BCUT2D eigenvalue weighted by Crippen LogP contribution is 2.12. The highest BCUT2D eigenvalue weighted by Gasteiger charge is 2.17. The lowest BCUT2D eigenvalue weighted by molar-refractivity contribution is 0.533. The minimum absolute atomic E-state index is 0.436. The summed E-state index contributed by atoms with van der Waals surface area (Å²) in [6.45, 7) is 4.64. The fraction of sp³-hybridized carbons (Fsp3) is 0.417. The van der Waals surface area contributed by atoms with Crippen LogP contribution in [0.5, 0.6) is 0 Å². The minimum Gasteiger partial charge on any atom is -0.320 e. The van der Waals surface area contributed by atoms with Gasteiger partial charge in [-0.2, -0.15) is 0 Å². The topological polar surface area (TPSA) is 69.6 Å². The van der Waals surface area contributed by atoms with Gasteiger partial charge < -0.3 is 5.73 Å². The quantitative estimate of drug-likeness (QED) is 0.855. The summed E-state index contributed by atoms with van der Waals surface area (Å²) in [6.07, 6.45) is 6.41. The molecule has 0 amide bonds. The Morgan fingerprint density at radius 2 is 2.00 bits per heavy atom. The van der Waals surface area contributed by atoms with Crippen molar-refractivity contribution in [1.29, 1.82) is 0 Å². The van der Waals surface area contributed by atoms with Crippen LogP contribution in [0.15, 0.2) is 30.7 Å².